The van der Waals surface area contributed by atoms with Crippen LogP contribution in [-0.2, 0) is 11.3 Å². The summed E-state index contributed by atoms with van der Waals surface area (Å²) in [6.45, 7) is 1.86. The van der Waals surface area contributed by atoms with Crippen molar-refractivity contribution in [3.05, 3.63) is 46.8 Å². The van der Waals surface area contributed by atoms with Gasteiger partial charge in [-0.2, -0.15) is 0 Å². The van der Waals surface area contributed by atoms with E-state index in [1.807, 2.05) is 46.8 Å². The zero-order valence-electron chi connectivity index (χ0n) is 9.33. The highest BCUT2D eigenvalue weighted by atomic mass is 35.5. The topological polar surface area (TPSA) is 32.3 Å². The van der Waals surface area contributed by atoms with E-state index < -0.39 is 0 Å². The highest BCUT2D eigenvalue weighted by molar-refractivity contribution is 7.09. The largest absolute Gasteiger partial charge is 0.364 e. The van der Waals surface area contributed by atoms with Gasteiger partial charge < -0.3 is 10.2 Å². The van der Waals surface area contributed by atoms with Crippen LogP contribution in [0.1, 0.15) is 4.88 Å². The summed E-state index contributed by atoms with van der Waals surface area (Å²) in [5, 5.41) is 4.92. The number of amides is 1. The van der Waals surface area contributed by atoms with Gasteiger partial charge in [-0.05, 0) is 23.7 Å². The highest BCUT2D eigenvalue weighted by Gasteiger charge is 2.06. The Kier molecular flexibility index (Phi) is 5.80. The summed E-state index contributed by atoms with van der Waals surface area (Å²) in [6, 6.07) is 4.01. The molecule has 0 saturated carbocycles. The van der Waals surface area contributed by atoms with Crippen LogP contribution in [-0.4, -0.2) is 23.9 Å². The first-order chi connectivity index (χ1) is 7.84. The second-order valence-corrected chi connectivity index (χ2v) is 4.59. The second kappa shape index (κ2) is 7.14. The molecule has 0 spiro atoms. The highest BCUT2D eigenvalue weighted by Crippen LogP contribution is 2.07. The molecule has 0 saturated heterocycles. The molecule has 1 amide bonds. The Morgan fingerprint density at radius 2 is 2.35 bits per heavy atom. The van der Waals surface area contributed by atoms with Gasteiger partial charge in [0.15, 0.2) is 0 Å². The van der Waals surface area contributed by atoms with Gasteiger partial charge in [-0.3, -0.25) is 4.79 Å². The quantitative estimate of drug-likeness (QED) is 0.910. The smallest absolute Gasteiger partial charge is 0.239 e. The third-order valence-corrected chi connectivity index (χ3v) is 3.15. The van der Waals surface area contributed by atoms with Crippen LogP contribution >= 0.6 is 23.7 Å². The lowest BCUT2D eigenvalue weighted by molar-refractivity contribution is -0.121. The van der Waals surface area contributed by atoms with Gasteiger partial charge in [0, 0.05) is 11.4 Å². The molecule has 0 atom stereocenters. The molecule has 1 aromatic rings. The Balaban J connectivity index is 0.00000144. The normalized spacial score (nSPS) is 13.3. The van der Waals surface area contributed by atoms with E-state index in [0.717, 1.165) is 6.54 Å². The predicted molar refractivity (Wildman–Crippen MR) is 73.3 cm³/mol. The Morgan fingerprint density at radius 3 is 3.00 bits per heavy atom. The van der Waals surface area contributed by atoms with E-state index in [-0.39, 0.29) is 18.3 Å². The molecule has 0 fully saturated rings. The molecule has 92 valence electrons. The van der Waals surface area contributed by atoms with Gasteiger partial charge in [0.25, 0.3) is 0 Å². The number of halogens is 1. The minimum Gasteiger partial charge on any atom is -0.364 e. The van der Waals surface area contributed by atoms with E-state index in [0.29, 0.717) is 13.1 Å². The fourth-order valence-corrected chi connectivity index (χ4v) is 2.11. The van der Waals surface area contributed by atoms with Crippen LogP contribution in [0.5, 0.6) is 0 Å². The first kappa shape index (κ1) is 13.8. The molecule has 1 aromatic heterocycles. The van der Waals surface area contributed by atoms with E-state index in [1.54, 1.807) is 11.3 Å². The van der Waals surface area contributed by atoms with Gasteiger partial charge in [0.1, 0.15) is 0 Å². The van der Waals surface area contributed by atoms with Crippen LogP contribution in [0.4, 0.5) is 0 Å². The fourth-order valence-electron chi connectivity index (χ4n) is 1.46. The number of hydrogen-bond donors (Lipinski definition) is 1. The molecule has 5 heteroatoms. The Labute approximate surface area is 111 Å². The van der Waals surface area contributed by atoms with Crippen LogP contribution in [0.15, 0.2) is 41.9 Å². The van der Waals surface area contributed by atoms with Crippen LogP contribution in [0.2, 0.25) is 0 Å². The second-order valence-electron chi connectivity index (χ2n) is 3.56. The van der Waals surface area contributed by atoms with Gasteiger partial charge in [0.05, 0.1) is 13.1 Å². The van der Waals surface area contributed by atoms with Crippen LogP contribution in [0.25, 0.3) is 0 Å². The molecule has 2 heterocycles. The van der Waals surface area contributed by atoms with E-state index in [1.165, 1.54) is 4.88 Å². The maximum absolute atomic E-state index is 11.6. The summed E-state index contributed by atoms with van der Waals surface area (Å²) in [7, 11) is 0. The van der Waals surface area contributed by atoms with Crippen LogP contribution < -0.4 is 5.32 Å². The molecule has 17 heavy (non-hydrogen) atoms. The standard InChI is InChI=1S/C12H14N2OS.ClH/c15-12(10-14-6-2-1-3-7-14)13-9-11-5-4-8-16-11;/h1-6,8H,7,9-10H2,(H,13,15);1H. The predicted octanol–water partition coefficient (Wildman–Crippen LogP) is 2.17. The van der Waals surface area contributed by atoms with Crippen molar-refractivity contribution >= 4 is 29.7 Å². The zero-order valence-corrected chi connectivity index (χ0v) is 11.0. The molecular weight excluding hydrogens is 256 g/mol. The third kappa shape index (κ3) is 4.63. The number of rotatable bonds is 4. The number of carbonyl (C=O) groups excluding carboxylic acids is 1. The molecular formula is C12H15ClN2OS. The monoisotopic (exact) mass is 270 g/mol. The Morgan fingerprint density at radius 1 is 1.47 bits per heavy atom. The Bertz CT molecular complexity index is 401. The lowest BCUT2D eigenvalue weighted by Crippen LogP contribution is -2.34. The van der Waals surface area contributed by atoms with Crippen molar-refractivity contribution in [2.45, 2.75) is 6.54 Å². The number of thiophene rings is 1. The van der Waals surface area contributed by atoms with E-state index in [9.17, 15) is 4.79 Å². The van der Waals surface area contributed by atoms with Gasteiger partial charge in [-0.15, -0.1) is 23.7 Å². The van der Waals surface area contributed by atoms with Crippen molar-refractivity contribution < 1.29 is 4.79 Å². The van der Waals surface area contributed by atoms with Crippen molar-refractivity contribution in [2.75, 3.05) is 13.1 Å². The fraction of sp³-hybridized carbons (Fsp3) is 0.250. The molecule has 0 unspecified atom stereocenters. The van der Waals surface area contributed by atoms with Crippen molar-refractivity contribution in [3.8, 4) is 0 Å². The molecule has 1 N–H and O–H groups in total. The summed E-state index contributed by atoms with van der Waals surface area (Å²) >= 11 is 1.66. The summed E-state index contributed by atoms with van der Waals surface area (Å²) < 4.78 is 0. The van der Waals surface area contributed by atoms with E-state index in [4.69, 9.17) is 0 Å². The number of carbonyl (C=O) groups is 1. The average molecular weight is 271 g/mol. The van der Waals surface area contributed by atoms with Crippen LogP contribution in [0, 0.1) is 0 Å². The maximum atomic E-state index is 11.6. The molecule has 0 aliphatic carbocycles. The molecule has 0 bridgehead atoms. The summed E-state index contributed by atoms with van der Waals surface area (Å²) in [5.74, 6) is 0.0633. The van der Waals surface area contributed by atoms with Crippen molar-refractivity contribution in [1.82, 2.24) is 10.2 Å². The zero-order chi connectivity index (χ0) is 11.2. The number of hydrogen-bond acceptors (Lipinski definition) is 3. The van der Waals surface area contributed by atoms with Gasteiger partial charge >= 0.3 is 0 Å². The molecule has 0 aromatic carbocycles. The molecule has 0 radical (unpaired) electrons. The number of allylic oxidation sites excluding steroid dienone is 2. The maximum Gasteiger partial charge on any atom is 0.239 e. The Hall–Kier alpha value is -1.26. The van der Waals surface area contributed by atoms with Gasteiger partial charge in [-0.1, -0.05) is 18.2 Å². The lowest BCUT2D eigenvalue weighted by atomic mass is 10.3. The van der Waals surface area contributed by atoms with E-state index in [2.05, 4.69) is 5.32 Å². The number of nitrogens with one attached hydrogen (secondary N) is 1. The first-order valence-electron chi connectivity index (χ1n) is 5.21. The molecule has 2 rings (SSSR count). The summed E-state index contributed by atoms with van der Waals surface area (Å²) in [5.41, 5.74) is 0. The summed E-state index contributed by atoms with van der Waals surface area (Å²) in [6.07, 6.45) is 7.90. The van der Waals surface area contributed by atoms with Gasteiger partial charge in [0.2, 0.25) is 5.91 Å². The number of nitrogens with zero attached hydrogens (tertiary/aromatic N) is 1. The van der Waals surface area contributed by atoms with E-state index >= 15 is 0 Å². The molecule has 1 aliphatic rings. The minimum absolute atomic E-state index is 0. The third-order valence-electron chi connectivity index (χ3n) is 2.27. The SMILES string of the molecule is Cl.O=C(CN1C=CC=CC1)NCc1cccs1. The minimum atomic E-state index is 0. The van der Waals surface area contributed by atoms with Crippen molar-refractivity contribution in [1.29, 1.82) is 0 Å². The van der Waals surface area contributed by atoms with Crippen molar-refractivity contribution in [2.24, 2.45) is 0 Å². The first-order valence-corrected chi connectivity index (χ1v) is 6.09. The van der Waals surface area contributed by atoms with Crippen LogP contribution in [0.3, 0.4) is 0 Å². The molecule has 1 aliphatic heterocycles. The molecule has 3 nitrogen and oxygen atoms in total. The summed E-state index contributed by atoms with van der Waals surface area (Å²) in [4.78, 5) is 14.8. The van der Waals surface area contributed by atoms with Gasteiger partial charge in [-0.25, -0.2) is 0 Å². The van der Waals surface area contributed by atoms with Crippen molar-refractivity contribution in [3.63, 3.8) is 0 Å². The lowest BCUT2D eigenvalue weighted by Gasteiger charge is -2.19. The average Bonchev–Trinajstić information content (AvgIpc) is 2.81.